The van der Waals surface area contributed by atoms with Gasteiger partial charge < -0.3 is 9.84 Å². The lowest BCUT2D eigenvalue weighted by Crippen LogP contribution is -2.46. The van der Waals surface area contributed by atoms with E-state index in [1.54, 1.807) is 0 Å². The van der Waals surface area contributed by atoms with E-state index in [-0.39, 0.29) is 35.4 Å². The van der Waals surface area contributed by atoms with Crippen molar-refractivity contribution in [1.29, 1.82) is 0 Å². The van der Waals surface area contributed by atoms with Crippen LogP contribution in [0.4, 0.5) is 13.2 Å². The van der Waals surface area contributed by atoms with Gasteiger partial charge in [-0.05, 0) is 55.9 Å². The molecule has 1 aromatic carbocycles. The summed E-state index contributed by atoms with van der Waals surface area (Å²) in [4.78, 5) is 50.9. The maximum absolute atomic E-state index is 13.2. The number of amides is 2. The Morgan fingerprint density at radius 2 is 1.82 bits per heavy atom. The number of hydrogen-bond donors (Lipinski definition) is 1. The summed E-state index contributed by atoms with van der Waals surface area (Å²) in [6, 6.07) is 4.01. The minimum Gasteiger partial charge on any atom is -0.481 e. The van der Waals surface area contributed by atoms with E-state index in [1.807, 2.05) is 6.92 Å². The predicted molar refractivity (Wildman–Crippen MR) is 123 cm³/mol. The number of alkyl halides is 3. The maximum Gasteiger partial charge on any atom is 0.525 e. The normalized spacial score (nSPS) is 27.3. The Labute approximate surface area is 214 Å². The van der Waals surface area contributed by atoms with Gasteiger partial charge in [0, 0.05) is 5.56 Å². The van der Waals surface area contributed by atoms with Crippen LogP contribution in [-0.4, -0.2) is 53.4 Å². The average Bonchev–Trinajstić information content (AvgIpc) is 2.96. The van der Waals surface area contributed by atoms with Crippen molar-refractivity contribution in [2.45, 2.75) is 44.2 Å². The summed E-state index contributed by atoms with van der Waals surface area (Å²) in [6.45, 7) is 3.22. The van der Waals surface area contributed by atoms with E-state index in [4.69, 9.17) is 4.74 Å². The average molecular weight is 557 g/mol. The molecule has 4 atom stereocenters. The zero-order valence-corrected chi connectivity index (χ0v) is 20.8. The molecule has 1 N–H and O–H groups in total. The Morgan fingerprint density at radius 3 is 2.45 bits per heavy atom. The van der Waals surface area contributed by atoms with Crippen molar-refractivity contribution in [1.82, 2.24) is 5.06 Å². The lowest BCUT2D eigenvalue weighted by atomic mass is 9.74. The van der Waals surface area contributed by atoms with Crippen LogP contribution in [0.2, 0.25) is 0 Å². The molecule has 0 bridgehead atoms. The van der Waals surface area contributed by atoms with Crippen molar-refractivity contribution in [3.63, 3.8) is 0 Å². The maximum atomic E-state index is 13.2. The molecule has 2 amide bonds. The number of hydrogen-bond acceptors (Lipinski definition) is 8. The number of carbonyl (C=O) groups excluding carboxylic acids is 3. The molecule has 3 aliphatic rings. The highest BCUT2D eigenvalue weighted by atomic mass is 32.2. The van der Waals surface area contributed by atoms with Crippen molar-refractivity contribution in [3.8, 4) is 0 Å². The van der Waals surface area contributed by atoms with Crippen LogP contribution in [0.25, 0.3) is 11.6 Å². The van der Waals surface area contributed by atoms with E-state index in [0.29, 0.717) is 6.42 Å². The number of carboxylic acid groups (broad SMARTS) is 1. The molecule has 4 unspecified atom stereocenters. The van der Waals surface area contributed by atoms with Gasteiger partial charge in [-0.25, -0.2) is 0 Å². The second-order valence-corrected chi connectivity index (χ2v) is 11.1. The van der Waals surface area contributed by atoms with Gasteiger partial charge in [0.2, 0.25) is 0 Å². The fourth-order valence-electron chi connectivity index (χ4n) is 4.83. The van der Waals surface area contributed by atoms with Crippen LogP contribution < -0.4 is 0 Å². The zero-order valence-electron chi connectivity index (χ0n) is 20.0. The van der Waals surface area contributed by atoms with Crippen molar-refractivity contribution < 1.29 is 54.9 Å². The minimum absolute atomic E-state index is 0.0160. The monoisotopic (exact) mass is 557 g/mol. The number of halogens is 3. The first kappa shape index (κ1) is 27.5. The van der Waals surface area contributed by atoms with Crippen molar-refractivity contribution in [2.75, 3.05) is 0 Å². The van der Waals surface area contributed by atoms with Gasteiger partial charge in [0.05, 0.1) is 23.0 Å². The zero-order chi connectivity index (χ0) is 28.2. The summed E-state index contributed by atoms with van der Waals surface area (Å²) in [6.07, 6.45) is 4.95. The van der Waals surface area contributed by atoms with Crippen LogP contribution >= 0.6 is 0 Å². The van der Waals surface area contributed by atoms with E-state index >= 15 is 0 Å². The summed E-state index contributed by atoms with van der Waals surface area (Å²) in [5, 5.41) is 9.10. The van der Waals surface area contributed by atoms with E-state index < -0.39 is 67.5 Å². The highest BCUT2D eigenvalue weighted by Crippen LogP contribution is 2.40. The number of nitrogens with zero attached hydrogens (tertiary/aromatic N) is 1. The number of carbonyl (C=O) groups is 4. The first-order valence-electron chi connectivity index (χ1n) is 11.5. The number of esters is 1. The van der Waals surface area contributed by atoms with Gasteiger partial charge >= 0.3 is 27.6 Å². The van der Waals surface area contributed by atoms with Crippen LogP contribution in [0, 0.1) is 17.8 Å². The lowest BCUT2D eigenvalue weighted by Gasteiger charge is -2.33. The topological polar surface area (TPSA) is 144 Å². The molecule has 0 spiro atoms. The number of rotatable bonds is 5. The Bertz CT molecular complexity index is 1400. The predicted octanol–water partition coefficient (Wildman–Crippen LogP) is 3.30. The van der Waals surface area contributed by atoms with Gasteiger partial charge in [-0.3, -0.25) is 19.2 Å². The Balaban J connectivity index is 1.74. The van der Waals surface area contributed by atoms with E-state index in [1.165, 1.54) is 37.3 Å². The molecule has 38 heavy (non-hydrogen) atoms. The number of ether oxygens (including phenoxy) is 1. The summed E-state index contributed by atoms with van der Waals surface area (Å²) in [5.41, 5.74) is -8.16. The van der Waals surface area contributed by atoms with Crippen LogP contribution in [0.15, 0.2) is 30.4 Å². The second-order valence-electron chi connectivity index (χ2n) is 9.61. The van der Waals surface area contributed by atoms with E-state index in [0.717, 1.165) is 6.08 Å². The molecular weight excluding hydrogens is 535 g/mol. The van der Waals surface area contributed by atoms with Crippen molar-refractivity contribution >= 4 is 45.5 Å². The largest absolute Gasteiger partial charge is 0.525 e. The van der Waals surface area contributed by atoms with E-state index in [2.05, 4.69) is 4.28 Å². The SMILES string of the molecule is CC1CCC(C(=O)OC2(C)C=Cc3cccc4c3C(=C2)C(=O)N(OS(=O)(=O)C(F)(F)F)C4=O)C(C(=O)O)C1. The molecule has 2 aliphatic carbocycles. The quantitative estimate of drug-likeness (QED) is 0.328. The molecule has 0 saturated heterocycles. The standard InChI is InChI=1S/C24H22F3NO9S/c1-12-6-7-14(16(10-12)21(31)32)22(33)36-23(2)9-8-13-4-3-5-15-18(13)17(11-23)20(30)28(19(15)29)37-38(34,35)24(25,26)27/h3-5,8-9,11-12,14,16H,6-7,10H2,1-2H3,(H,31,32). The first-order chi connectivity index (χ1) is 17.5. The third kappa shape index (κ3) is 4.85. The van der Waals surface area contributed by atoms with Gasteiger partial charge in [-0.1, -0.05) is 25.1 Å². The fourth-order valence-corrected chi connectivity index (χ4v) is 5.25. The molecule has 1 aromatic rings. The highest BCUT2D eigenvalue weighted by molar-refractivity contribution is 7.87. The van der Waals surface area contributed by atoms with E-state index in [9.17, 15) is 45.9 Å². The molecule has 1 heterocycles. The van der Waals surface area contributed by atoms with Crippen molar-refractivity contribution in [3.05, 3.63) is 47.0 Å². The molecule has 0 aromatic heterocycles. The van der Waals surface area contributed by atoms with Gasteiger partial charge in [-0.2, -0.15) is 21.6 Å². The molecule has 14 heteroatoms. The Morgan fingerprint density at radius 1 is 1.13 bits per heavy atom. The first-order valence-corrected chi connectivity index (χ1v) is 12.9. The third-order valence-electron chi connectivity index (χ3n) is 6.73. The molecule has 4 rings (SSSR count). The summed E-state index contributed by atoms with van der Waals surface area (Å²) < 4.78 is 71.5. The van der Waals surface area contributed by atoms with Gasteiger partial charge in [0.1, 0.15) is 5.60 Å². The molecule has 204 valence electrons. The lowest BCUT2D eigenvalue weighted by molar-refractivity contribution is -0.165. The summed E-state index contributed by atoms with van der Waals surface area (Å²) in [5.74, 6) is -6.86. The second kappa shape index (κ2) is 9.34. The summed E-state index contributed by atoms with van der Waals surface area (Å²) >= 11 is 0. The van der Waals surface area contributed by atoms with Crippen molar-refractivity contribution in [2.24, 2.45) is 17.8 Å². The number of carboxylic acids is 1. The highest BCUT2D eigenvalue weighted by Gasteiger charge is 2.52. The van der Waals surface area contributed by atoms with Crippen LogP contribution in [0.3, 0.4) is 0 Å². The number of benzene rings is 1. The fraction of sp³-hybridized carbons (Fsp3) is 0.417. The Kier molecular flexibility index (Phi) is 6.77. The van der Waals surface area contributed by atoms with Gasteiger partial charge in [0.15, 0.2) is 0 Å². The number of hydroxylamine groups is 2. The van der Waals surface area contributed by atoms with Crippen LogP contribution in [0.1, 0.15) is 54.6 Å². The van der Waals surface area contributed by atoms with Gasteiger partial charge in [-0.15, -0.1) is 9.35 Å². The third-order valence-corrected chi connectivity index (χ3v) is 7.64. The minimum atomic E-state index is -6.38. The van der Waals surface area contributed by atoms with Crippen LogP contribution in [-0.2, 0) is 33.5 Å². The molecule has 1 saturated carbocycles. The Hall–Kier alpha value is -3.52. The number of imide groups is 1. The molecular formula is C24H22F3NO9S. The molecule has 1 aliphatic heterocycles. The summed E-state index contributed by atoms with van der Waals surface area (Å²) in [7, 11) is -6.38. The molecule has 10 nitrogen and oxygen atoms in total. The van der Waals surface area contributed by atoms with Crippen LogP contribution in [0.5, 0.6) is 0 Å². The molecule has 0 radical (unpaired) electrons. The number of aliphatic carboxylic acids is 1. The molecule has 1 fully saturated rings. The smallest absolute Gasteiger partial charge is 0.481 e. The van der Waals surface area contributed by atoms with Gasteiger partial charge in [0.25, 0.3) is 11.8 Å².